The molecule has 0 saturated heterocycles. The molecule has 3 rings (SSSR count). The Bertz CT molecular complexity index is 685. The number of aromatic amines is 1. The van der Waals surface area contributed by atoms with E-state index in [1.807, 2.05) is 6.20 Å². The van der Waals surface area contributed by atoms with E-state index < -0.39 is 0 Å². The second-order valence-corrected chi connectivity index (χ2v) is 4.49. The minimum Gasteiger partial charge on any atom is -0.344 e. The highest BCUT2D eigenvalue weighted by Crippen LogP contribution is 2.28. The molecule has 3 aromatic rings. The topological polar surface area (TPSA) is 31.9 Å². The standard InChI is InChI=1S/C15H15N3/c1-11-5-3-4-6-15(11)18(2)13-7-8-14-12(9-13)10-16-17-14/h3-10H,1-2H3,(H,16,17). The smallest absolute Gasteiger partial charge is 0.0651 e. The molecular weight excluding hydrogens is 222 g/mol. The Morgan fingerprint density at radius 1 is 1.11 bits per heavy atom. The van der Waals surface area contributed by atoms with Gasteiger partial charge in [-0.15, -0.1) is 0 Å². The number of rotatable bonds is 2. The van der Waals surface area contributed by atoms with Crippen molar-refractivity contribution in [3.8, 4) is 0 Å². The Balaban J connectivity index is 2.06. The fourth-order valence-corrected chi connectivity index (χ4v) is 2.22. The number of anilines is 2. The van der Waals surface area contributed by atoms with Gasteiger partial charge >= 0.3 is 0 Å². The molecule has 1 N–H and O–H groups in total. The lowest BCUT2D eigenvalue weighted by Crippen LogP contribution is -2.10. The maximum atomic E-state index is 4.05. The van der Waals surface area contributed by atoms with E-state index in [2.05, 4.69) is 71.5 Å². The van der Waals surface area contributed by atoms with E-state index in [4.69, 9.17) is 0 Å². The average Bonchev–Trinajstić information content (AvgIpc) is 2.85. The predicted molar refractivity (Wildman–Crippen MR) is 75.3 cm³/mol. The van der Waals surface area contributed by atoms with Crippen LogP contribution in [0.25, 0.3) is 10.9 Å². The summed E-state index contributed by atoms with van der Waals surface area (Å²) in [6, 6.07) is 14.7. The molecule has 2 aromatic carbocycles. The third kappa shape index (κ3) is 1.74. The summed E-state index contributed by atoms with van der Waals surface area (Å²) in [6.07, 6.45) is 1.85. The van der Waals surface area contributed by atoms with E-state index >= 15 is 0 Å². The molecule has 3 heteroatoms. The average molecular weight is 237 g/mol. The quantitative estimate of drug-likeness (QED) is 0.738. The summed E-state index contributed by atoms with van der Waals surface area (Å²) in [5.41, 5.74) is 4.72. The molecule has 0 spiro atoms. The van der Waals surface area contributed by atoms with Crippen molar-refractivity contribution in [1.29, 1.82) is 0 Å². The van der Waals surface area contributed by atoms with Gasteiger partial charge in [-0.3, -0.25) is 5.10 Å². The zero-order chi connectivity index (χ0) is 12.5. The van der Waals surface area contributed by atoms with Crippen molar-refractivity contribution in [3.63, 3.8) is 0 Å². The molecule has 1 aromatic heterocycles. The highest BCUT2D eigenvalue weighted by atomic mass is 15.1. The van der Waals surface area contributed by atoms with Gasteiger partial charge in [0.25, 0.3) is 0 Å². The zero-order valence-corrected chi connectivity index (χ0v) is 10.5. The van der Waals surface area contributed by atoms with E-state index in [-0.39, 0.29) is 0 Å². The summed E-state index contributed by atoms with van der Waals surface area (Å²) in [5, 5.41) is 8.15. The number of aromatic nitrogens is 2. The summed E-state index contributed by atoms with van der Waals surface area (Å²) >= 11 is 0. The van der Waals surface area contributed by atoms with Crippen molar-refractivity contribution in [3.05, 3.63) is 54.2 Å². The van der Waals surface area contributed by atoms with Crippen LogP contribution in [0.15, 0.2) is 48.7 Å². The Morgan fingerprint density at radius 2 is 1.94 bits per heavy atom. The first-order valence-corrected chi connectivity index (χ1v) is 5.98. The molecule has 0 aliphatic rings. The number of nitrogens with one attached hydrogen (secondary N) is 1. The normalized spacial score (nSPS) is 10.8. The molecule has 0 radical (unpaired) electrons. The number of fused-ring (bicyclic) bond motifs is 1. The molecule has 0 aliphatic carbocycles. The van der Waals surface area contributed by atoms with Gasteiger partial charge in [-0.25, -0.2) is 0 Å². The van der Waals surface area contributed by atoms with Crippen molar-refractivity contribution in [2.75, 3.05) is 11.9 Å². The van der Waals surface area contributed by atoms with Crippen molar-refractivity contribution in [2.45, 2.75) is 6.92 Å². The molecule has 18 heavy (non-hydrogen) atoms. The number of benzene rings is 2. The van der Waals surface area contributed by atoms with E-state index in [1.165, 1.54) is 16.9 Å². The molecule has 0 unspecified atom stereocenters. The number of aryl methyl sites for hydroxylation is 1. The first-order chi connectivity index (χ1) is 8.75. The molecule has 3 nitrogen and oxygen atoms in total. The molecule has 0 fully saturated rings. The third-order valence-electron chi connectivity index (χ3n) is 3.29. The maximum absolute atomic E-state index is 4.05. The van der Waals surface area contributed by atoms with Crippen LogP contribution >= 0.6 is 0 Å². The summed E-state index contributed by atoms with van der Waals surface area (Å²) in [5.74, 6) is 0. The molecule has 0 bridgehead atoms. The van der Waals surface area contributed by atoms with Gasteiger partial charge in [-0.2, -0.15) is 5.10 Å². The predicted octanol–water partition coefficient (Wildman–Crippen LogP) is 3.64. The van der Waals surface area contributed by atoms with E-state index in [9.17, 15) is 0 Å². The lowest BCUT2D eigenvalue weighted by atomic mass is 10.1. The fraction of sp³-hybridized carbons (Fsp3) is 0.133. The van der Waals surface area contributed by atoms with Crippen LogP contribution in [0, 0.1) is 6.92 Å². The van der Waals surface area contributed by atoms with Crippen LogP contribution in [0.5, 0.6) is 0 Å². The minimum atomic E-state index is 1.07. The van der Waals surface area contributed by atoms with Gasteiger partial charge in [-0.05, 0) is 36.8 Å². The van der Waals surface area contributed by atoms with Crippen LogP contribution < -0.4 is 4.90 Å². The number of hydrogen-bond acceptors (Lipinski definition) is 2. The van der Waals surface area contributed by atoms with Crippen molar-refractivity contribution < 1.29 is 0 Å². The van der Waals surface area contributed by atoms with Gasteiger partial charge in [0.15, 0.2) is 0 Å². The van der Waals surface area contributed by atoms with Crippen LogP contribution in [-0.4, -0.2) is 17.2 Å². The van der Waals surface area contributed by atoms with Crippen LogP contribution in [0.1, 0.15) is 5.56 Å². The molecule has 0 saturated carbocycles. The largest absolute Gasteiger partial charge is 0.344 e. The zero-order valence-electron chi connectivity index (χ0n) is 10.5. The molecular formula is C15H15N3. The SMILES string of the molecule is Cc1ccccc1N(C)c1ccc2[nH]ncc2c1. The number of hydrogen-bond donors (Lipinski definition) is 1. The Hall–Kier alpha value is -2.29. The monoisotopic (exact) mass is 237 g/mol. The Morgan fingerprint density at radius 3 is 2.78 bits per heavy atom. The number of para-hydroxylation sites is 1. The van der Waals surface area contributed by atoms with Gasteiger partial charge < -0.3 is 4.90 Å². The van der Waals surface area contributed by atoms with Crippen LogP contribution in [0.4, 0.5) is 11.4 Å². The van der Waals surface area contributed by atoms with Gasteiger partial charge in [0, 0.05) is 23.8 Å². The highest BCUT2D eigenvalue weighted by Gasteiger charge is 2.07. The number of nitrogens with zero attached hydrogens (tertiary/aromatic N) is 2. The second-order valence-electron chi connectivity index (χ2n) is 4.49. The third-order valence-corrected chi connectivity index (χ3v) is 3.29. The molecule has 0 aliphatic heterocycles. The summed E-state index contributed by atoms with van der Waals surface area (Å²) in [6.45, 7) is 2.13. The van der Waals surface area contributed by atoms with Crippen LogP contribution in [0.3, 0.4) is 0 Å². The molecule has 0 atom stereocenters. The molecule has 90 valence electrons. The first kappa shape index (κ1) is 10.8. The lowest BCUT2D eigenvalue weighted by Gasteiger charge is -2.21. The fourth-order valence-electron chi connectivity index (χ4n) is 2.22. The maximum Gasteiger partial charge on any atom is 0.0651 e. The van der Waals surface area contributed by atoms with E-state index in [0.29, 0.717) is 0 Å². The summed E-state index contributed by atoms with van der Waals surface area (Å²) < 4.78 is 0. The minimum absolute atomic E-state index is 1.07. The lowest BCUT2D eigenvalue weighted by molar-refractivity contribution is 1.12. The van der Waals surface area contributed by atoms with Gasteiger partial charge in [-0.1, -0.05) is 18.2 Å². The summed E-state index contributed by atoms with van der Waals surface area (Å²) in [4.78, 5) is 2.20. The molecule has 0 amide bonds. The Kier molecular flexibility index (Phi) is 2.52. The Labute approximate surface area is 106 Å². The van der Waals surface area contributed by atoms with Crippen molar-refractivity contribution in [1.82, 2.24) is 10.2 Å². The van der Waals surface area contributed by atoms with Crippen LogP contribution in [0.2, 0.25) is 0 Å². The second kappa shape index (κ2) is 4.18. The van der Waals surface area contributed by atoms with Crippen molar-refractivity contribution in [2.24, 2.45) is 0 Å². The van der Waals surface area contributed by atoms with Crippen molar-refractivity contribution >= 4 is 22.3 Å². The van der Waals surface area contributed by atoms with Crippen LogP contribution in [-0.2, 0) is 0 Å². The van der Waals surface area contributed by atoms with Gasteiger partial charge in [0.05, 0.1) is 11.7 Å². The first-order valence-electron chi connectivity index (χ1n) is 5.98. The summed E-state index contributed by atoms with van der Waals surface area (Å²) in [7, 11) is 2.09. The number of H-pyrrole nitrogens is 1. The van der Waals surface area contributed by atoms with E-state index in [1.54, 1.807) is 0 Å². The van der Waals surface area contributed by atoms with E-state index in [0.717, 1.165) is 10.9 Å². The molecule has 1 heterocycles. The van der Waals surface area contributed by atoms with Gasteiger partial charge in [0.1, 0.15) is 0 Å². The van der Waals surface area contributed by atoms with Gasteiger partial charge in [0.2, 0.25) is 0 Å². The highest BCUT2D eigenvalue weighted by molar-refractivity contribution is 5.83.